The Kier molecular flexibility index (Phi) is 3.87. The maximum absolute atomic E-state index is 11.6. The first-order valence-electron chi connectivity index (χ1n) is 9.91. The molecule has 5 nitrogen and oxygen atoms in total. The first-order valence-corrected chi connectivity index (χ1v) is 10.7. The van der Waals surface area contributed by atoms with Crippen LogP contribution in [-0.2, 0) is 6.42 Å². The Balaban J connectivity index is 1.53. The van der Waals surface area contributed by atoms with Crippen LogP contribution in [0.1, 0.15) is 44.6 Å². The summed E-state index contributed by atoms with van der Waals surface area (Å²) in [7, 11) is 0. The Labute approximate surface area is 181 Å². The molecular weight excluding hydrogens is 446 g/mol. The average Bonchev–Trinajstić information content (AvgIpc) is 3.36. The second kappa shape index (κ2) is 6.51. The third-order valence-electron chi connectivity index (χ3n) is 6.47. The first kappa shape index (κ1) is 17.8. The van der Waals surface area contributed by atoms with Crippen LogP contribution < -0.4 is 14.8 Å². The van der Waals surface area contributed by atoms with E-state index >= 15 is 0 Å². The molecule has 3 aromatic rings. The van der Waals surface area contributed by atoms with Gasteiger partial charge in [0, 0.05) is 16.1 Å². The summed E-state index contributed by atoms with van der Waals surface area (Å²) in [6, 6.07) is 18.0. The zero-order chi connectivity index (χ0) is 20.4. The van der Waals surface area contributed by atoms with E-state index in [9.17, 15) is 9.90 Å². The molecule has 0 fully saturated rings. The highest BCUT2D eigenvalue weighted by Gasteiger charge is 2.44. The van der Waals surface area contributed by atoms with Gasteiger partial charge >= 0.3 is 5.97 Å². The van der Waals surface area contributed by atoms with Crippen molar-refractivity contribution >= 4 is 27.6 Å². The van der Waals surface area contributed by atoms with Gasteiger partial charge in [0.25, 0.3) is 0 Å². The highest BCUT2D eigenvalue weighted by Crippen LogP contribution is 2.55. The Morgan fingerprint density at radius 2 is 1.80 bits per heavy atom. The van der Waals surface area contributed by atoms with Crippen molar-refractivity contribution in [1.29, 1.82) is 0 Å². The van der Waals surface area contributed by atoms with Gasteiger partial charge in [-0.2, -0.15) is 0 Å². The molecule has 0 unspecified atom stereocenters. The number of halogens is 1. The molecule has 1 aliphatic carbocycles. The molecule has 6 heteroatoms. The molecule has 0 saturated carbocycles. The lowest BCUT2D eigenvalue weighted by Crippen LogP contribution is -2.30. The topological polar surface area (TPSA) is 67.8 Å². The predicted octanol–water partition coefficient (Wildman–Crippen LogP) is 5.35. The Hall–Kier alpha value is -2.99. The standard InChI is InChI=1S/C24H18BrNO4/c25-18-10-21-20(29-11-30-21)9-15(18)23-17-7-12-3-1-2-4-14(12)22(17)16-8-13(24(27)28)5-6-19(16)26-23/h1-6,8-10,17,22-23,26H,7,11H2,(H,27,28)/t17-,22-,23-/m0/s1. The zero-order valence-electron chi connectivity index (χ0n) is 15.9. The minimum absolute atomic E-state index is 0.0504. The van der Waals surface area contributed by atoms with Crippen LogP contribution in [0.15, 0.2) is 59.1 Å². The first-order chi connectivity index (χ1) is 14.6. The summed E-state index contributed by atoms with van der Waals surface area (Å²) in [5.74, 6) is 1.00. The van der Waals surface area contributed by atoms with Crippen LogP contribution in [0.25, 0.3) is 0 Å². The van der Waals surface area contributed by atoms with Crippen molar-refractivity contribution < 1.29 is 19.4 Å². The number of rotatable bonds is 2. The van der Waals surface area contributed by atoms with E-state index in [1.54, 1.807) is 6.07 Å². The molecule has 3 atom stereocenters. The van der Waals surface area contributed by atoms with E-state index in [4.69, 9.17) is 9.47 Å². The van der Waals surface area contributed by atoms with E-state index in [-0.39, 0.29) is 24.7 Å². The molecule has 150 valence electrons. The maximum atomic E-state index is 11.6. The fraction of sp³-hybridized carbons (Fsp3) is 0.208. The number of hydrogen-bond acceptors (Lipinski definition) is 4. The van der Waals surface area contributed by atoms with Crippen molar-refractivity contribution in [2.24, 2.45) is 5.92 Å². The minimum Gasteiger partial charge on any atom is -0.478 e. The fourth-order valence-electron chi connectivity index (χ4n) is 5.17. The molecular formula is C24H18BrNO4. The number of carboxylic acid groups (broad SMARTS) is 1. The fourth-order valence-corrected chi connectivity index (χ4v) is 5.74. The Bertz CT molecular complexity index is 1210. The van der Waals surface area contributed by atoms with E-state index in [1.165, 1.54) is 11.1 Å². The monoisotopic (exact) mass is 463 g/mol. The Morgan fingerprint density at radius 3 is 2.63 bits per heavy atom. The molecule has 6 rings (SSSR count). The van der Waals surface area contributed by atoms with Crippen molar-refractivity contribution in [2.75, 3.05) is 12.1 Å². The van der Waals surface area contributed by atoms with Gasteiger partial charge in [-0.05, 0) is 64.9 Å². The third-order valence-corrected chi connectivity index (χ3v) is 7.16. The van der Waals surface area contributed by atoms with E-state index in [1.807, 2.05) is 18.2 Å². The summed E-state index contributed by atoms with van der Waals surface area (Å²) in [5, 5.41) is 13.2. The molecule has 30 heavy (non-hydrogen) atoms. The molecule has 0 bridgehead atoms. The summed E-state index contributed by atoms with van der Waals surface area (Å²) in [6.45, 7) is 0.238. The molecule has 2 aliphatic heterocycles. The number of benzene rings is 3. The lowest BCUT2D eigenvalue weighted by atomic mass is 9.75. The van der Waals surface area contributed by atoms with Gasteiger partial charge in [0.15, 0.2) is 11.5 Å². The van der Waals surface area contributed by atoms with Gasteiger partial charge in [-0.25, -0.2) is 4.79 Å². The normalized spacial score (nSPS) is 22.6. The molecule has 0 amide bonds. The number of hydrogen-bond donors (Lipinski definition) is 2. The average molecular weight is 464 g/mol. The molecule has 2 heterocycles. The summed E-state index contributed by atoms with van der Waals surface area (Å²) < 4.78 is 12.1. The highest BCUT2D eigenvalue weighted by molar-refractivity contribution is 9.10. The van der Waals surface area contributed by atoms with Crippen molar-refractivity contribution in [3.63, 3.8) is 0 Å². The van der Waals surface area contributed by atoms with Crippen molar-refractivity contribution in [1.82, 2.24) is 0 Å². The van der Waals surface area contributed by atoms with Gasteiger partial charge in [0.05, 0.1) is 11.6 Å². The number of aromatic carboxylic acids is 1. The zero-order valence-corrected chi connectivity index (χ0v) is 17.5. The van der Waals surface area contributed by atoms with Gasteiger partial charge in [0.1, 0.15) is 0 Å². The van der Waals surface area contributed by atoms with E-state index in [2.05, 4.69) is 51.6 Å². The number of fused-ring (bicyclic) bond motifs is 6. The largest absolute Gasteiger partial charge is 0.478 e. The summed E-state index contributed by atoms with van der Waals surface area (Å²) in [4.78, 5) is 11.6. The third kappa shape index (κ3) is 2.56. The van der Waals surface area contributed by atoms with Crippen LogP contribution in [0.2, 0.25) is 0 Å². The second-order valence-corrected chi connectivity index (χ2v) is 8.85. The number of carbonyl (C=O) groups is 1. The van der Waals surface area contributed by atoms with Gasteiger partial charge in [-0.15, -0.1) is 0 Å². The summed E-state index contributed by atoms with van der Waals surface area (Å²) in [5.41, 5.74) is 6.08. The quantitative estimate of drug-likeness (QED) is 0.536. The smallest absolute Gasteiger partial charge is 0.335 e. The number of carboxylic acids is 1. The highest BCUT2D eigenvalue weighted by atomic mass is 79.9. The predicted molar refractivity (Wildman–Crippen MR) is 116 cm³/mol. The van der Waals surface area contributed by atoms with Crippen LogP contribution in [0.3, 0.4) is 0 Å². The molecule has 2 N–H and O–H groups in total. The molecule has 0 spiro atoms. The van der Waals surface area contributed by atoms with Crippen LogP contribution in [0.5, 0.6) is 11.5 Å². The van der Waals surface area contributed by atoms with E-state index in [0.29, 0.717) is 5.56 Å². The Morgan fingerprint density at radius 1 is 1.00 bits per heavy atom. The summed E-state index contributed by atoms with van der Waals surface area (Å²) >= 11 is 3.73. The van der Waals surface area contributed by atoms with Crippen molar-refractivity contribution in [3.05, 3.63) is 86.9 Å². The number of ether oxygens (including phenoxy) is 2. The van der Waals surface area contributed by atoms with Crippen LogP contribution in [0, 0.1) is 5.92 Å². The molecule has 0 saturated heterocycles. The molecule has 0 aromatic heterocycles. The van der Waals surface area contributed by atoms with Crippen LogP contribution in [0.4, 0.5) is 5.69 Å². The van der Waals surface area contributed by atoms with Gasteiger partial charge in [-0.1, -0.05) is 40.2 Å². The summed E-state index contributed by atoms with van der Waals surface area (Å²) in [6.07, 6.45) is 0.927. The lowest BCUT2D eigenvalue weighted by molar-refractivity contribution is 0.0696. The van der Waals surface area contributed by atoms with Crippen molar-refractivity contribution in [3.8, 4) is 11.5 Å². The second-order valence-electron chi connectivity index (χ2n) is 8.00. The maximum Gasteiger partial charge on any atom is 0.335 e. The molecule has 3 aliphatic rings. The minimum atomic E-state index is -0.902. The van der Waals surface area contributed by atoms with Crippen LogP contribution >= 0.6 is 15.9 Å². The number of nitrogens with one attached hydrogen (secondary N) is 1. The lowest BCUT2D eigenvalue weighted by Gasteiger charge is -2.38. The van der Waals surface area contributed by atoms with Gasteiger partial charge in [0.2, 0.25) is 6.79 Å². The van der Waals surface area contributed by atoms with E-state index in [0.717, 1.165) is 39.2 Å². The van der Waals surface area contributed by atoms with E-state index < -0.39 is 5.97 Å². The van der Waals surface area contributed by atoms with Gasteiger partial charge < -0.3 is 19.9 Å². The molecule has 0 radical (unpaired) electrons. The van der Waals surface area contributed by atoms with Crippen molar-refractivity contribution in [2.45, 2.75) is 18.4 Å². The number of anilines is 1. The SMILES string of the molecule is O=C(O)c1ccc2c(c1)[C@@H]1c3ccccc3C[C@@H]1[C@H](c1cc3c(cc1Br)OCO3)N2. The van der Waals surface area contributed by atoms with Gasteiger partial charge in [-0.3, -0.25) is 0 Å². The van der Waals surface area contributed by atoms with Crippen LogP contribution in [-0.4, -0.2) is 17.9 Å². The molecule has 3 aromatic carbocycles.